The van der Waals surface area contributed by atoms with Gasteiger partial charge in [-0.3, -0.25) is 4.79 Å². The molecule has 3 heterocycles. The molecular formula is C23H30N7O4+. The number of nitrogens with two attached hydrogens (primary N) is 1. The zero-order valence-corrected chi connectivity index (χ0v) is 19.6. The second kappa shape index (κ2) is 9.82. The Labute approximate surface area is 198 Å². The van der Waals surface area contributed by atoms with Gasteiger partial charge in [-0.15, -0.1) is 4.48 Å². The highest BCUT2D eigenvalue weighted by Crippen LogP contribution is 2.40. The first kappa shape index (κ1) is 25.2. The number of likely N-dealkylation sites (N-methyl/N-ethyl adjacent to an activating group) is 1. The third-order valence-electron chi connectivity index (χ3n) is 5.87. The number of nitriles is 1. The van der Waals surface area contributed by atoms with E-state index in [1.807, 2.05) is 19.0 Å². The second-order valence-corrected chi connectivity index (χ2v) is 9.05. The number of carbonyl (C=O) groups is 2. The molecule has 1 aliphatic heterocycles. The number of hydrogen-bond donors (Lipinski definition) is 4. The van der Waals surface area contributed by atoms with Gasteiger partial charge in [0.2, 0.25) is 11.6 Å². The number of pyridine rings is 2. The number of fused-ring (bicyclic) bond motifs is 1. The molecule has 180 valence electrons. The molecule has 11 nitrogen and oxygen atoms in total. The number of quaternary nitrogens is 1. The molecule has 0 fully saturated rings. The fourth-order valence-corrected chi connectivity index (χ4v) is 4.42. The van der Waals surface area contributed by atoms with E-state index in [1.165, 1.54) is 6.20 Å². The normalized spacial score (nSPS) is 19.1. The molecule has 0 aliphatic carbocycles. The highest BCUT2D eigenvalue weighted by molar-refractivity contribution is 5.93. The summed E-state index contributed by atoms with van der Waals surface area (Å²) in [7, 11) is 3.69. The van der Waals surface area contributed by atoms with Gasteiger partial charge in [0, 0.05) is 36.7 Å². The summed E-state index contributed by atoms with van der Waals surface area (Å²) in [5.74, 6) is 0.518. The Morgan fingerprint density at radius 3 is 2.76 bits per heavy atom. The van der Waals surface area contributed by atoms with Gasteiger partial charge in [0.1, 0.15) is 18.3 Å². The molecule has 0 spiro atoms. The van der Waals surface area contributed by atoms with Crippen molar-refractivity contribution in [2.45, 2.75) is 32.0 Å². The molecule has 2 amide bonds. The summed E-state index contributed by atoms with van der Waals surface area (Å²) in [4.78, 5) is 35.2. The number of aldehydes is 1. The van der Waals surface area contributed by atoms with Crippen LogP contribution in [0.3, 0.4) is 0 Å². The van der Waals surface area contributed by atoms with E-state index in [0.717, 1.165) is 0 Å². The lowest BCUT2D eigenvalue weighted by Gasteiger charge is -2.35. The molecule has 2 aromatic heterocycles. The number of anilines is 1. The SMILES string of the molecule is CN(C)CC(C)(O)CNc1cc([N+]2(C(N)=O)CCCc3cc(CO)c(C=O)nc32)ncc1C#N. The van der Waals surface area contributed by atoms with Crippen molar-refractivity contribution in [2.24, 2.45) is 5.73 Å². The van der Waals surface area contributed by atoms with Crippen molar-refractivity contribution < 1.29 is 19.8 Å². The summed E-state index contributed by atoms with van der Waals surface area (Å²) in [6.07, 6.45) is 3.06. The maximum atomic E-state index is 12.9. The van der Waals surface area contributed by atoms with E-state index in [-0.39, 0.29) is 42.6 Å². The molecular weight excluding hydrogens is 438 g/mol. The van der Waals surface area contributed by atoms with E-state index in [2.05, 4.69) is 21.4 Å². The lowest BCUT2D eigenvalue weighted by molar-refractivity contribution is 0.0459. The van der Waals surface area contributed by atoms with Crippen LogP contribution in [0.1, 0.15) is 40.5 Å². The summed E-state index contributed by atoms with van der Waals surface area (Å²) >= 11 is 0. The van der Waals surface area contributed by atoms with E-state index in [9.17, 15) is 25.1 Å². The Kier molecular flexibility index (Phi) is 7.28. The molecule has 0 aromatic carbocycles. The van der Waals surface area contributed by atoms with Crippen molar-refractivity contribution in [3.8, 4) is 6.07 Å². The molecule has 0 saturated heterocycles. The van der Waals surface area contributed by atoms with Gasteiger partial charge in [-0.25, -0.2) is 9.78 Å². The molecule has 5 N–H and O–H groups in total. The molecule has 0 bridgehead atoms. The number of aryl methyl sites for hydroxylation is 1. The van der Waals surface area contributed by atoms with Crippen molar-refractivity contribution >= 4 is 29.6 Å². The molecule has 3 rings (SSSR count). The van der Waals surface area contributed by atoms with Crippen LogP contribution in [0.15, 0.2) is 18.3 Å². The fourth-order valence-electron chi connectivity index (χ4n) is 4.42. The first-order valence-corrected chi connectivity index (χ1v) is 10.9. The molecule has 2 atom stereocenters. The Hall–Kier alpha value is -3.43. The summed E-state index contributed by atoms with van der Waals surface area (Å²) < 4.78 is -0.531. The van der Waals surface area contributed by atoms with Crippen LogP contribution in [0.2, 0.25) is 0 Å². The standard InChI is InChI=1S/C23H29N7O4/c1-23(34,14-29(2)3)13-27-18-8-20(26-10-17(18)9-24)30(22(25)33)6-4-5-15-7-16(11-31)19(12-32)28-21(15)30/h7-8,10,12,31,34H,4-6,11,13-14H2,1-3H3,(H2-,25,26,27,33)/p+1. The van der Waals surface area contributed by atoms with Crippen molar-refractivity contribution in [3.05, 3.63) is 40.7 Å². The van der Waals surface area contributed by atoms with Crippen LogP contribution in [-0.2, 0) is 13.0 Å². The molecule has 1 aliphatic rings. The molecule has 34 heavy (non-hydrogen) atoms. The van der Waals surface area contributed by atoms with Crippen LogP contribution < -0.4 is 15.5 Å². The Morgan fingerprint density at radius 1 is 1.44 bits per heavy atom. The lowest BCUT2D eigenvalue weighted by Crippen LogP contribution is -2.56. The molecule has 0 saturated carbocycles. The third kappa shape index (κ3) is 4.76. The van der Waals surface area contributed by atoms with Gasteiger partial charge < -0.3 is 26.2 Å². The van der Waals surface area contributed by atoms with Crippen LogP contribution >= 0.6 is 0 Å². The summed E-state index contributed by atoms with van der Waals surface area (Å²) in [6.45, 7) is 2.11. The number of nitrogens with one attached hydrogen (secondary N) is 1. The van der Waals surface area contributed by atoms with E-state index in [4.69, 9.17) is 5.73 Å². The Bertz CT molecular complexity index is 1140. The average molecular weight is 469 g/mol. The number of primary amides is 1. The van der Waals surface area contributed by atoms with Crippen LogP contribution in [0.5, 0.6) is 0 Å². The molecule has 0 radical (unpaired) electrons. The first-order valence-electron chi connectivity index (χ1n) is 10.9. The van der Waals surface area contributed by atoms with Crippen molar-refractivity contribution in [1.29, 1.82) is 5.26 Å². The number of aliphatic hydroxyl groups is 2. The van der Waals surface area contributed by atoms with Gasteiger partial charge in [0.05, 0.1) is 29.7 Å². The van der Waals surface area contributed by atoms with Gasteiger partial charge in [0.25, 0.3) is 0 Å². The van der Waals surface area contributed by atoms with Crippen LogP contribution in [0.25, 0.3) is 0 Å². The highest BCUT2D eigenvalue weighted by Gasteiger charge is 2.47. The Morgan fingerprint density at radius 2 is 2.18 bits per heavy atom. The van der Waals surface area contributed by atoms with E-state index >= 15 is 0 Å². The summed E-state index contributed by atoms with van der Waals surface area (Å²) in [6, 6.07) is 4.57. The van der Waals surface area contributed by atoms with Gasteiger partial charge in [-0.2, -0.15) is 10.2 Å². The fraction of sp³-hybridized carbons (Fsp3) is 0.435. The van der Waals surface area contributed by atoms with Crippen molar-refractivity contribution in [3.63, 3.8) is 0 Å². The predicted octanol–water partition coefficient (Wildman–Crippen LogP) is 1.04. The van der Waals surface area contributed by atoms with E-state index in [1.54, 1.807) is 19.1 Å². The van der Waals surface area contributed by atoms with Crippen molar-refractivity contribution in [1.82, 2.24) is 19.4 Å². The number of urea groups is 1. The largest absolute Gasteiger partial charge is 0.426 e. The molecule has 2 unspecified atom stereocenters. The van der Waals surface area contributed by atoms with Gasteiger partial charge in [-0.05, 0) is 33.5 Å². The number of aliphatic hydroxyl groups excluding tert-OH is 1. The second-order valence-electron chi connectivity index (χ2n) is 9.05. The first-order chi connectivity index (χ1) is 16.1. The number of aromatic nitrogens is 2. The number of carbonyl (C=O) groups excluding carboxylic acids is 2. The summed E-state index contributed by atoms with van der Waals surface area (Å²) in [5, 5.41) is 32.9. The van der Waals surface area contributed by atoms with Gasteiger partial charge in [-0.1, -0.05) is 0 Å². The predicted molar refractivity (Wildman–Crippen MR) is 126 cm³/mol. The van der Waals surface area contributed by atoms with Gasteiger partial charge in [0.15, 0.2) is 6.29 Å². The van der Waals surface area contributed by atoms with E-state index in [0.29, 0.717) is 42.5 Å². The Balaban J connectivity index is 2.13. The minimum absolute atomic E-state index is 0.0265. The minimum Gasteiger partial charge on any atom is -0.392 e. The van der Waals surface area contributed by atoms with Crippen LogP contribution in [0.4, 0.5) is 22.1 Å². The monoisotopic (exact) mass is 468 g/mol. The highest BCUT2D eigenvalue weighted by atomic mass is 16.3. The minimum atomic E-state index is -1.09. The lowest BCUT2D eigenvalue weighted by atomic mass is 9.99. The molecule has 2 aromatic rings. The number of hydrogen-bond acceptors (Lipinski definition) is 9. The van der Waals surface area contributed by atoms with Crippen LogP contribution in [0, 0.1) is 11.3 Å². The smallest absolute Gasteiger partial charge is 0.392 e. The van der Waals surface area contributed by atoms with Crippen molar-refractivity contribution in [2.75, 3.05) is 39.0 Å². The maximum Gasteiger partial charge on any atom is 0.426 e. The number of rotatable bonds is 8. The number of amides is 2. The maximum absolute atomic E-state index is 12.9. The quantitative estimate of drug-likeness (QED) is 0.327. The zero-order valence-electron chi connectivity index (χ0n) is 19.6. The zero-order chi connectivity index (χ0) is 25.1. The number of nitrogens with zero attached hydrogens (tertiary/aromatic N) is 5. The molecule has 11 heteroatoms. The van der Waals surface area contributed by atoms with E-state index < -0.39 is 16.1 Å². The average Bonchev–Trinajstić information content (AvgIpc) is 2.80. The van der Waals surface area contributed by atoms with Crippen LogP contribution in [-0.4, -0.2) is 76.7 Å². The topological polar surface area (TPSA) is 165 Å². The summed E-state index contributed by atoms with van der Waals surface area (Å²) in [5.41, 5.74) is 6.54. The third-order valence-corrected chi connectivity index (χ3v) is 5.87. The van der Waals surface area contributed by atoms with Gasteiger partial charge >= 0.3 is 6.03 Å².